The van der Waals surface area contributed by atoms with Crippen molar-refractivity contribution in [1.29, 1.82) is 0 Å². The highest BCUT2D eigenvalue weighted by atomic mass is 16.6. The summed E-state index contributed by atoms with van der Waals surface area (Å²) < 4.78 is 10.1. The predicted octanol–water partition coefficient (Wildman–Crippen LogP) is 0.763. The highest BCUT2D eigenvalue weighted by Crippen LogP contribution is 2.22. The van der Waals surface area contributed by atoms with Crippen molar-refractivity contribution < 1.29 is 29.3 Å². The molecule has 0 aromatic heterocycles. The summed E-state index contributed by atoms with van der Waals surface area (Å²) in [5.41, 5.74) is -0.651. The van der Waals surface area contributed by atoms with Crippen molar-refractivity contribution in [3.05, 3.63) is 0 Å². The van der Waals surface area contributed by atoms with Crippen molar-refractivity contribution >= 4 is 12.1 Å². The van der Waals surface area contributed by atoms with Gasteiger partial charge in [0, 0.05) is 6.42 Å². The lowest BCUT2D eigenvalue weighted by Crippen LogP contribution is -2.42. The topological polar surface area (TPSA) is 96.3 Å². The van der Waals surface area contributed by atoms with Gasteiger partial charge < -0.3 is 19.7 Å². The third-order valence-electron chi connectivity index (χ3n) is 2.40. The van der Waals surface area contributed by atoms with Gasteiger partial charge in [-0.15, -0.1) is 0 Å². The summed E-state index contributed by atoms with van der Waals surface area (Å²) >= 11 is 0. The van der Waals surface area contributed by atoms with E-state index in [1.54, 1.807) is 20.8 Å². The van der Waals surface area contributed by atoms with E-state index in [4.69, 9.17) is 14.6 Å². The molecule has 2 unspecified atom stereocenters. The predicted molar refractivity (Wildman–Crippen MR) is 60.7 cm³/mol. The molecule has 1 aliphatic rings. The molecule has 18 heavy (non-hydrogen) atoms. The summed E-state index contributed by atoms with van der Waals surface area (Å²) in [5.74, 6) is -0.988. The molecule has 0 aliphatic carbocycles. The van der Waals surface area contributed by atoms with Crippen molar-refractivity contribution in [2.24, 2.45) is 0 Å². The number of hydrogen-bond acceptors (Lipinski definition) is 5. The molecule has 1 saturated heterocycles. The summed E-state index contributed by atoms with van der Waals surface area (Å²) in [6, 6.07) is -0.684. The fourth-order valence-corrected chi connectivity index (χ4v) is 1.60. The SMILES string of the molecule is CC(C)(C)OC(=O)N1COC(O)C1CCC(=O)O. The molecule has 1 aliphatic heterocycles. The lowest BCUT2D eigenvalue weighted by Gasteiger charge is -2.27. The van der Waals surface area contributed by atoms with Crippen LogP contribution in [0.1, 0.15) is 33.6 Å². The minimum absolute atomic E-state index is 0.0969. The molecule has 2 atom stereocenters. The van der Waals surface area contributed by atoms with Crippen molar-refractivity contribution in [2.45, 2.75) is 51.5 Å². The van der Waals surface area contributed by atoms with Crippen LogP contribution in [0.4, 0.5) is 4.79 Å². The van der Waals surface area contributed by atoms with Gasteiger partial charge >= 0.3 is 12.1 Å². The Kier molecular flexibility index (Phi) is 4.53. The number of carboxylic acid groups (broad SMARTS) is 1. The largest absolute Gasteiger partial charge is 0.481 e. The first-order chi connectivity index (χ1) is 8.20. The normalized spacial score (nSPS) is 24.1. The van der Waals surface area contributed by atoms with Crippen molar-refractivity contribution in [1.82, 2.24) is 4.90 Å². The molecule has 0 aromatic carbocycles. The summed E-state index contributed by atoms with van der Waals surface area (Å²) in [7, 11) is 0. The van der Waals surface area contributed by atoms with E-state index in [1.807, 2.05) is 0 Å². The summed E-state index contributed by atoms with van der Waals surface area (Å²) in [6.45, 7) is 5.08. The maximum atomic E-state index is 11.8. The van der Waals surface area contributed by atoms with E-state index in [2.05, 4.69) is 0 Å². The fourth-order valence-electron chi connectivity index (χ4n) is 1.60. The Morgan fingerprint density at radius 1 is 1.44 bits per heavy atom. The van der Waals surface area contributed by atoms with Crippen LogP contribution >= 0.6 is 0 Å². The van der Waals surface area contributed by atoms with Crippen molar-refractivity contribution in [3.63, 3.8) is 0 Å². The summed E-state index contributed by atoms with van der Waals surface area (Å²) in [5, 5.41) is 18.2. The van der Waals surface area contributed by atoms with E-state index in [0.29, 0.717) is 0 Å². The maximum Gasteiger partial charge on any atom is 0.412 e. The lowest BCUT2D eigenvalue weighted by molar-refractivity contribution is -0.137. The zero-order chi connectivity index (χ0) is 13.9. The zero-order valence-corrected chi connectivity index (χ0v) is 10.8. The first-order valence-electron chi connectivity index (χ1n) is 5.72. The third-order valence-corrected chi connectivity index (χ3v) is 2.40. The molecule has 7 heteroatoms. The van der Waals surface area contributed by atoms with Gasteiger partial charge in [0.05, 0.1) is 6.04 Å². The number of carbonyl (C=O) groups is 2. The Labute approximate surface area is 105 Å². The van der Waals surface area contributed by atoms with Gasteiger partial charge in [0.25, 0.3) is 0 Å². The molecule has 0 saturated carbocycles. The molecule has 0 radical (unpaired) electrons. The van der Waals surface area contributed by atoms with E-state index in [0.717, 1.165) is 0 Å². The van der Waals surface area contributed by atoms with Crippen LogP contribution in [0.2, 0.25) is 0 Å². The van der Waals surface area contributed by atoms with Gasteiger partial charge in [-0.05, 0) is 27.2 Å². The van der Waals surface area contributed by atoms with Crippen LogP contribution in [-0.2, 0) is 14.3 Å². The smallest absolute Gasteiger partial charge is 0.412 e. The molecule has 1 rings (SSSR count). The number of ether oxygens (including phenoxy) is 2. The number of hydrogen-bond donors (Lipinski definition) is 2. The van der Waals surface area contributed by atoms with Gasteiger partial charge in [-0.25, -0.2) is 4.79 Å². The van der Waals surface area contributed by atoms with Crippen LogP contribution in [0.3, 0.4) is 0 Å². The van der Waals surface area contributed by atoms with Gasteiger partial charge in [0.1, 0.15) is 12.3 Å². The highest BCUT2D eigenvalue weighted by molar-refractivity contribution is 5.69. The summed E-state index contributed by atoms with van der Waals surface area (Å²) in [4.78, 5) is 23.5. The Morgan fingerprint density at radius 2 is 2.06 bits per heavy atom. The molecular weight excluding hydrogens is 242 g/mol. The van der Waals surface area contributed by atoms with Crippen LogP contribution < -0.4 is 0 Å². The molecule has 1 heterocycles. The van der Waals surface area contributed by atoms with E-state index in [-0.39, 0.29) is 19.6 Å². The lowest BCUT2D eigenvalue weighted by atomic mass is 10.1. The maximum absolute atomic E-state index is 11.8. The number of aliphatic hydroxyl groups excluding tert-OH is 1. The number of nitrogens with zero attached hydrogens (tertiary/aromatic N) is 1. The van der Waals surface area contributed by atoms with Crippen LogP contribution in [-0.4, -0.2) is 51.8 Å². The van der Waals surface area contributed by atoms with Gasteiger partial charge in [-0.2, -0.15) is 0 Å². The van der Waals surface area contributed by atoms with E-state index in [9.17, 15) is 14.7 Å². The molecule has 1 fully saturated rings. The quantitative estimate of drug-likeness (QED) is 0.778. The number of aliphatic hydroxyl groups is 1. The molecular formula is C11H19NO6. The number of aliphatic carboxylic acids is 1. The van der Waals surface area contributed by atoms with Crippen LogP contribution in [0.25, 0.3) is 0 Å². The first-order valence-corrected chi connectivity index (χ1v) is 5.72. The molecule has 104 valence electrons. The minimum atomic E-state index is -1.17. The van der Waals surface area contributed by atoms with E-state index in [1.165, 1.54) is 4.90 Å². The Hall–Kier alpha value is -1.34. The molecule has 1 amide bonds. The Balaban J connectivity index is 2.62. The van der Waals surface area contributed by atoms with Crippen molar-refractivity contribution in [2.75, 3.05) is 6.73 Å². The van der Waals surface area contributed by atoms with Gasteiger partial charge in [-0.3, -0.25) is 9.69 Å². The first kappa shape index (κ1) is 14.7. The molecule has 0 spiro atoms. The molecule has 0 aromatic rings. The van der Waals surface area contributed by atoms with Crippen LogP contribution in [0, 0.1) is 0 Å². The second-order valence-corrected chi connectivity index (χ2v) is 5.14. The van der Waals surface area contributed by atoms with Gasteiger partial charge in [0.2, 0.25) is 0 Å². The van der Waals surface area contributed by atoms with Crippen LogP contribution in [0.15, 0.2) is 0 Å². The third kappa shape index (κ3) is 4.15. The number of amides is 1. The Morgan fingerprint density at radius 3 is 2.56 bits per heavy atom. The minimum Gasteiger partial charge on any atom is -0.481 e. The molecule has 7 nitrogen and oxygen atoms in total. The van der Waals surface area contributed by atoms with E-state index < -0.39 is 30.0 Å². The Bertz CT molecular complexity index is 324. The number of carboxylic acids is 1. The second-order valence-electron chi connectivity index (χ2n) is 5.14. The number of rotatable bonds is 3. The average Bonchev–Trinajstić information content (AvgIpc) is 2.54. The van der Waals surface area contributed by atoms with E-state index >= 15 is 0 Å². The molecule has 0 bridgehead atoms. The second kappa shape index (κ2) is 5.53. The zero-order valence-electron chi connectivity index (χ0n) is 10.8. The van der Waals surface area contributed by atoms with Gasteiger partial charge in [0.15, 0.2) is 6.29 Å². The monoisotopic (exact) mass is 261 g/mol. The van der Waals surface area contributed by atoms with Crippen molar-refractivity contribution in [3.8, 4) is 0 Å². The fraction of sp³-hybridized carbons (Fsp3) is 0.818. The van der Waals surface area contributed by atoms with Gasteiger partial charge in [-0.1, -0.05) is 0 Å². The summed E-state index contributed by atoms with van der Waals surface area (Å²) in [6.07, 6.45) is -1.81. The highest BCUT2D eigenvalue weighted by Gasteiger charge is 2.39. The standard InChI is InChI=1S/C11H19NO6/c1-11(2,3)18-10(16)12-6-17-9(15)7(12)4-5-8(13)14/h7,9,15H,4-6H2,1-3H3,(H,13,14). The molecule has 2 N–H and O–H groups in total. The van der Waals surface area contributed by atoms with Crippen LogP contribution in [0.5, 0.6) is 0 Å². The number of carbonyl (C=O) groups excluding carboxylic acids is 1. The average molecular weight is 261 g/mol.